The van der Waals surface area contributed by atoms with Crippen LogP contribution in [0, 0.1) is 6.92 Å². The maximum atomic E-state index is 12.1. The van der Waals surface area contributed by atoms with Gasteiger partial charge in [0.15, 0.2) is 0 Å². The maximum Gasteiger partial charge on any atom is 0.297 e. The first-order valence-electron chi connectivity index (χ1n) is 8.66. The number of hydrogen-bond acceptors (Lipinski definition) is 5. The molecule has 0 aliphatic carbocycles. The van der Waals surface area contributed by atoms with Crippen LogP contribution >= 0.6 is 0 Å². The second-order valence-electron chi connectivity index (χ2n) is 6.29. The number of hydrogen-bond donors (Lipinski definition) is 1. The number of ether oxygens (including phenoxy) is 1. The van der Waals surface area contributed by atoms with Gasteiger partial charge in [-0.2, -0.15) is 8.42 Å². The topological polar surface area (TPSA) is 72.8 Å². The average molecular weight is 386 g/mol. The van der Waals surface area contributed by atoms with Crippen LogP contribution < -0.4 is 0 Å². The van der Waals surface area contributed by atoms with Crippen molar-refractivity contribution in [2.75, 3.05) is 19.8 Å². The van der Waals surface area contributed by atoms with Gasteiger partial charge in [0.05, 0.1) is 24.7 Å². The summed E-state index contributed by atoms with van der Waals surface area (Å²) in [5, 5.41) is 12.4. The largest absolute Gasteiger partial charge is 0.386 e. The van der Waals surface area contributed by atoms with Crippen LogP contribution in [0.5, 0.6) is 0 Å². The molecular weight excluding hydrogens is 364 g/mol. The minimum atomic E-state index is -3.80. The van der Waals surface area contributed by atoms with E-state index in [0.717, 1.165) is 21.9 Å². The van der Waals surface area contributed by atoms with Crippen molar-refractivity contribution in [3.8, 4) is 0 Å². The average Bonchev–Trinajstić information content (AvgIpc) is 2.67. The summed E-state index contributed by atoms with van der Waals surface area (Å²) in [4.78, 5) is 0.115. The van der Waals surface area contributed by atoms with Crippen molar-refractivity contribution in [1.29, 1.82) is 0 Å². The summed E-state index contributed by atoms with van der Waals surface area (Å²) in [5.74, 6) is 0. The lowest BCUT2D eigenvalue weighted by Crippen LogP contribution is -2.14. The molecule has 0 aromatic heterocycles. The molecule has 3 aromatic carbocycles. The van der Waals surface area contributed by atoms with Gasteiger partial charge >= 0.3 is 0 Å². The van der Waals surface area contributed by atoms with E-state index in [2.05, 4.69) is 0 Å². The van der Waals surface area contributed by atoms with Gasteiger partial charge in [-0.1, -0.05) is 54.1 Å². The Labute approximate surface area is 159 Å². The Morgan fingerprint density at radius 1 is 0.926 bits per heavy atom. The number of aliphatic hydroxyl groups excluding tert-OH is 1. The molecule has 0 aliphatic rings. The molecule has 0 spiro atoms. The molecule has 0 saturated heterocycles. The highest BCUT2D eigenvalue weighted by molar-refractivity contribution is 7.86. The van der Waals surface area contributed by atoms with E-state index in [1.54, 1.807) is 12.1 Å². The lowest BCUT2D eigenvalue weighted by molar-refractivity contribution is 0.0248. The fraction of sp³-hybridized carbons (Fsp3) is 0.238. The molecule has 0 radical (unpaired) electrons. The Morgan fingerprint density at radius 3 is 2.37 bits per heavy atom. The summed E-state index contributed by atoms with van der Waals surface area (Å²) in [6.07, 6.45) is -0.789. The summed E-state index contributed by atoms with van der Waals surface area (Å²) in [5.41, 5.74) is 1.72. The molecule has 0 bridgehead atoms. The van der Waals surface area contributed by atoms with E-state index < -0.39 is 16.2 Å². The van der Waals surface area contributed by atoms with Crippen molar-refractivity contribution in [3.63, 3.8) is 0 Å². The first-order chi connectivity index (χ1) is 13.0. The third kappa shape index (κ3) is 5.14. The van der Waals surface area contributed by atoms with Crippen LogP contribution in [0.2, 0.25) is 0 Å². The van der Waals surface area contributed by atoms with E-state index in [0.29, 0.717) is 0 Å². The molecule has 1 unspecified atom stereocenters. The van der Waals surface area contributed by atoms with Gasteiger partial charge in [-0.05, 0) is 41.5 Å². The number of fused-ring (bicyclic) bond motifs is 1. The fourth-order valence-corrected chi connectivity index (χ4v) is 3.57. The summed E-state index contributed by atoms with van der Waals surface area (Å²) < 4.78 is 34.5. The molecule has 0 saturated carbocycles. The van der Waals surface area contributed by atoms with E-state index in [4.69, 9.17) is 8.92 Å². The molecule has 3 rings (SSSR count). The van der Waals surface area contributed by atoms with Crippen molar-refractivity contribution in [2.24, 2.45) is 0 Å². The Balaban J connectivity index is 1.47. The van der Waals surface area contributed by atoms with E-state index >= 15 is 0 Å². The molecule has 27 heavy (non-hydrogen) atoms. The van der Waals surface area contributed by atoms with Crippen LogP contribution in [0.25, 0.3) is 10.8 Å². The normalized spacial score (nSPS) is 13.0. The van der Waals surface area contributed by atoms with Crippen LogP contribution in [-0.2, 0) is 19.0 Å². The second-order valence-corrected chi connectivity index (χ2v) is 7.90. The molecule has 3 aromatic rings. The van der Waals surface area contributed by atoms with E-state index in [9.17, 15) is 13.5 Å². The highest BCUT2D eigenvalue weighted by atomic mass is 32.2. The molecule has 6 heteroatoms. The monoisotopic (exact) mass is 386 g/mol. The zero-order chi connectivity index (χ0) is 19.3. The summed E-state index contributed by atoms with van der Waals surface area (Å²) in [6.45, 7) is 1.90. The first kappa shape index (κ1) is 19.5. The SMILES string of the molecule is Cc1ccc(S(=O)(=O)OCCOCC(O)c2ccc3ccccc3c2)cc1. The van der Waals surface area contributed by atoms with Crippen molar-refractivity contribution < 1.29 is 22.4 Å². The highest BCUT2D eigenvalue weighted by Crippen LogP contribution is 2.20. The number of aryl methyl sites for hydroxylation is 1. The first-order valence-corrected chi connectivity index (χ1v) is 10.1. The maximum absolute atomic E-state index is 12.1. The lowest BCUT2D eigenvalue weighted by atomic mass is 10.0. The molecule has 1 atom stereocenters. The fourth-order valence-electron chi connectivity index (χ4n) is 2.68. The molecule has 0 aliphatic heterocycles. The summed E-state index contributed by atoms with van der Waals surface area (Å²) >= 11 is 0. The lowest BCUT2D eigenvalue weighted by Gasteiger charge is -2.13. The van der Waals surface area contributed by atoms with Gasteiger partial charge in [-0.25, -0.2) is 0 Å². The Morgan fingerprint density at radius 2 is 1.63 bits per heavy atom. The molecule has 0 amide bonds. The van der Waals surface area contributed by atoms with Crippen molar-refractivity contribution >= 4 is 20.9 Å². The van der Waals surface area contributed by atoms with Crippen LogP contribution in [0.3, 0.4) is 0 Å². The third-order valence-electron chi connectivity index (χ3n) is 4.21. The van der Waals surface area contributed by atoms with Crippen molar-refractivity contribution in [1.82, 2.24) is 0 Å². The van der Waals surface area contributed by atoms with Crippen LogP contribution in [0.4, 0.5) is 0 Å². The quantitative estimate of drug-likeness (QED) is 0.473. The van der Waals surface area contributed by atoms with Crippen LogP contribution in [0.1, 0.15) is 17.2 Å². The van der Waals surface area contributed by atoms with Gasteiger partial charge < -0.3 is 9.84 Å². The minimum Gasteiger partial charge on any atom is -0.386 e. The third-order valence-corrected chi connectivity index (χ3v) is 5.54. The highest BCUT2D eigenvalue weighted by Gasteiger charge is 2.15. The van der Waals surface area contributed by atoms with Gasteiger partial charge in [0, 0.05) is 0 Å². The number of aliphatic hydroxyl groups is 1. The van der Waals surface area contributed by atoms with Crippen LogP contribution in [-0.4, -0.2) is 33.3 Å². The zero-order valence-electron chi connectivity index (χ0n) is 15.0. The summed E-state index contributed by atoms with van der Waals surface area (Å²) in [6, 6.07) is 20.1. The van der Waals surface area contributed by atoms with Crippen molar-refractivity contribution in [2.45, 2.75) is 17.9 Å². The molecule has 1 N–H and O–H groups in total. The zero-order valence-corrected chi connectivity index (χ0v) is 15.9. The van der Waals surface area contributed by atoms with Gasteiger partial charge in [-0.15, -0.1) is 0 Å². The molecule has 142 valence electrons. The number of rotatable bonds is 8. The molecule has 0 fully saturated rings. The van der Waals surface area contributed by atoms with Gasteiger partial charge in [0.2, 0.25) is 0 Å². The Kier molecular flexibility index (Phi) is 6.23. The predicted molar refractivity (Wildman–Crippen MR) is 104 cm³/mol. The van der Waals surface area contributed by atoms with Crippen LogP contribution in [0.15, 0.2) is 71.6 Å². The standard InChI is InChI=1S/C21H22O5S/c1-16-6-10-20(11-7-16)27(23,24)26-13-12-25-15-21(22)19-9-8-17-4-2-3-5-18(17)14-19/h2-11,14,21-22H,12-13,15H2,1H3. The van der Waals surface area contributed by atoms with Crippen molar-refractivity contribution in [3.05, 3.63) is 77.9 Å². The number of benzene rings is 3. The summed E-state index contributed by atoms with van der Waals surface area (Å²) in [7, 11) is -3.80. The second kappa shape index (κ2) is 8.63. The van der Waals surface area contributed by atoms with Gasteiger partial charge in [0.25, 0.3) is 10.1 Å². The minimum absolute atomic E-state index is 0.0618. The smallest absolute Gasteiger partial charge is 0.297 e. The molecule has 5 nitrogen and oxygen atoms in total. The van der Waals surface area contributed by atoms with E-state index in [1.807, 2.05) is 49.4 Å². The molecule has 0 heterocycles. The van der Waals surface area contributed by atoms with Gasteiger partial charge in [0.1, 0.15) is 6.10 Å². The predicted octanol–water partition coefficient (Wildman–Crippen LogP) is 3.60. The Hall–Kier alpha value is -2.25. The van der Waals surface area contributed by atoms with E-state index in [-0.39, 0.29) is 24.7 Å². The Bertz CT molecular complexity index is 997. The molecular formula is C21H22O5S. The van der Waals surface area contributed by atoms with Gasteiger partial charge in [-0.3, -0.25) is 4.18 Å². The van der Waals surface area contributed by atoms with E-state index in [1.165, 1.54) is 12.1 Å².